The molecule has 1 heterocycles. The van der Waals surface area contributed by atoms with Crippen LogP contribution in [-0.2, 0) is 24.0 Å². The number of methoxy groups -OCH3 is 2. The molecule has 1 rings (SSSR count). The van der Waals surface area contributed by atoms with E-state index < -0.39 is 11.9 Å². The molecule has 0 saturated carbocycles. The maximum absolute atomic E-state index is 11.3. The zero-order valence-electron chi connectivity index (χ0n) is 17.2. The number of carbonyl (C=O) groups is 1. The predicted molar refractivity (Wildman–Crippen MR) is 107 cm³/mol. The summed E-state index contributed by atoms with van der Waals surface area (Å²) in [6.07, 6.45) is 22.3. The van der Waals surface area contributed by atoms with Crippen LogP contribution in [0.3, 0.4) is 0 Å². The van der Waals surface area contributed by atoms with Crippen molar-refractivity contribution >= 4 is 5.97 Å². The van der Waals surface area contributed by atoms with E-state index in [2.05, 4.69) is 23.0 Å². The van der Waals surface area contributed by atoms with Crippen LogP contribution in [0.4, 0.5) is 0 Å². The van der Waals surface area contributed by atoms with Crippen LogP contribution in [0, 0.1) is 0 Å². The normalized spacial score (nSPS) is 22.7. The quantitative estimate of drug-likeness (QED) is 0.132. The summed E-state index contributed by atoms with van der Waals surface area (Å²) in [6, 6.07) is 0. The summed E-state index contributed by atoms with van der Waals surface area (Å²) in [5.74, 6) is -1.17. The average molecular weight is 381 g/mol. The van der Waals surface area contributed by atoms with Gasteiger partial charge in [-0.05, 0) is 32.3 Å². The van der Waals surface area contributed by atoms with Gasteiger partial charge in [0.25, 0.3) is 0 Å². The maximum Gasteiger partial charge on any atom is 0.308 e. The number of allylic oxidation sites excluding steroid dienone is 4. The Morgan fingerprint density at radius 2 is 1.78 bits per heavy atom. The van der Waals surface area contributed by atoms with Crippen molar-refractivity contribution < 1.29 is 24.0 Å². The third-order valence-corrected chi connectivity index (χ3v) is 4.65. The molecule has 0 N–H and O–H groups in total. The van der Waals surface area contributed by atoms with Gasteiger partial charge < -0.3 is 9.47 Å². The van der Waals surface area contributed by atoms with Crippen molar-refractivity contribution in [2.45, 2.75) is 83.0 Å². The van der Waals surface area contributed by atoms with Crippen LogP contribution in [0.15, 0.2) is 36.5 Å². The minimum Gasteiger partial charge on any atom is -0.469 e. The van der Waals surface area contributed by atoms with E-state index >= 15 is 0 Å². The molecule has 154 valence electrons. The second kappa shape index (κ2) is 14.6. The molecule has 0 bridgehead atoms. The van der Waals surface area contributed by atoms with E-state index in [0.29, 0.717) is 0 Å². The van der Waals surface area contributed by atoms with Gasteiger partial charge in [0, 0.05) is 13.5 Å². The van der Waals surface area contributed by atoms with Crippen LogP contribution in [0.2, 0.25) is 0 Å². The zero-order chi connectivity index (χ0) is 19.8. The molecule has 5 heteroatoms. The van der Waals surface area contributed by atoms with Gasteiger partial charge in [0.05, 0.1) is 13.5 Å². The summed E-state index contributed by atoms with van der Waals surface area (Å²) in [4.78, 5) is 22.0. The number of carbonyl (C=O) groups excluding carboxylic acids is 1. The van der Waals surface area contributed by atoms with E-state index in [1.165, 1.54) is 45.6 Å². The third-order valence-electron chi connectivity index (χ3n) is 4.65. The van der Waals surface area contributed by atoms with Crippen molar-refractivity contribution in [3.63, 3.8) is 0 Å². The second-order valence-electron chi connectivity index (χ2n) is 6.84. The molecule has 0 fully saturated rings. The molecule has 0 unspecified atom stereocenters. The predicted octanol–water partition coefficient (Wildman–Crippen LogP) is 5.42. The largest absolute Gasteiger partial charge is 0.469 e. The Bertz CT molecular complexity index is 483. The molecule has 1 aliphatic heterocycles. The molecule has 0 aromatic carbocycles. The van der Waals surface area contributed by atoms with Crippen molar-refractivity contribution in [2.75, 3.05) is 14.2 Å². The SMILES string of the molecule is C/C=C/C=C/CCCCCCCCC[C@]1(OC)C=C[C@@H](CC(=O)OC)OO1. The lowest BCUT2D eigenvalue weighted by Gasteiger charge is -2.32. The lowest BCUT2D eigenvalue weighted by atomic mass is 10.0. The van der Waals surface area contributed by atoms with Crippen LogP contribution in [0.25, 0.3) is 0 Å². The molecule has 0 aromatic rings. The van der Waals surface area contributed by atoms with Gasteiger partial charge in [0.1, 0.15) is 6.10 Å². The fourth-order valence-corrected chi connectivity index (χ4v) is 2.94. The Morgan fingerprint density at radius 3 is 2.37 bits per heavy atom. The topological polar surface area (TPSA) is 54.0 Å². The molecule has 0 aliphatic carbocycles. The zero-order valence-corrected chi connectivity index (χ0v) is 17.2. The highest BCUT2D eigenvalue weighted by Gasteiger charge is 2.34. The monoisotopic (exact) mass is 380 g/mol. The standard InChI is InChI=1S/C22H36O5/c1-4-5-6-7-8-9-10-11-12-13-14-15-17-22(25-3)18-16-20(26-27-22)19-21(23)24-2/h4-7,16,18,20H,8-15,17,19H2,1-3H3/b5-4+,7-6+/t20-,22+/m0/s1. The van der Waals surface area contributed by atoms with Gasteiger partial charge in [0.15, 0.2) is 0 Å². The van der Waals surface area contributed by atoms with Crippen molar-refractivity contribution in [2.24, 2.45) is 0 Å². The van der Waals surface area contributed by atoms with Crippen molar-refractivity contribution in [3.8, 4) is 0 Å². The number of hydrogen-bond acceptors (Lipinski definition) is 5. The van der Waals surface area contributed by atoms with E-state index in [9.17, 15) is 4.79 Å². The van der Waals surface area contributed by atoms with E-state index in [4.69, 9.17) is 14.5 Å². The lowest BCUT2D eigenvalue weighted by Crippen LogP contribution is -2.38. The van der Waals surface area contributed by atoms with Crippen LogP contribution in [-0.4, -0.2) is 32.1 Å². The van der Waals surface area contributed by atoms with Crippen LogP contribution in [0.1, 0.15) is 71.1 Å². The van der Waals surface area contributed by atoms with Crippen molar-refractivity contribution in [3.05, 3.63) is 36.5 Å². The number of hydrogen-bond donors (Lipinski definition) is 0. The van der Waals surface area contributed by atoms with E-state index in [1.807, 2.05) is 25.2 Å². The summed E-state index contributed by atoms with van der Waals surface area (Å²) in [7, 11) is 2.97. The molecule has 0 saturated heterocycles. The number of rotatable bonds is 14. The molecule has 2 atom stereocenters. The average Bonchev–Trinajstić information content (AvgIpc) is 2.70. The van der Waals surface area contributed by atoms with Crippen molar-refractivity contribution in [1.29, 1.82) is 0 Å². The molecule has 0 spiro atoms. The summed E-state index contributed by atoms with van der Waals surface area (Å²) >= 11 is 0. The van der Waals surface area contributed by atoms with Gasteiger partial charge in [-0.3, -0.25) is 4.79 Å². The minimum absolute atomic E-state index is 0.137. The Labute approximate surface area is 164 Å². The highest BCUT2D eigenvalue weighted by molar-refractivity contribution is 5.70. The minimum atomic E-state index is -0.841. The summed E-state index contributed by atoms with van der Waals surface area (Å²) in [6.45, 7) is 2.03. The summed E-state index contributed by atoms with van der Waals surface area (Å²) in [5.41, 5.74) is 0. The third kappa shape index (κ3) is 10.5. The molecule has 5 nitrogen and oxygen atoms in total. The Balaban J connectivity index is 2.11. The van der Waals surface area contributed by atoms with Gasteiger partial charge in [-0.1, -0.05) is 62.5 Å². The highest BCUT2D eigenvalue weighted by atomic mass is 17.2. The smallest absolute Gasteiger partial charge is 0.308 e. The molecule has 0 radical (unpaired) electrons. The first kappa shape index (κ1) is 23.6. The second-order valence-corrected chi connectivity index (χ2v) is 6.84. The molecule has 0 amide bonds. The number of unbranched alkanes of at least 4 members (excludes halogenated alkanes) is 7. The molecule has 0 aromatic heterocycles. The Hall–Kier alpha value is -1.43. The number of ether oxygens (including phenoxy) is 2. The Kier molecular flexibility index (Phi) is 12.8. The summed E-state index contributed by atoms with van der Waals surface area (Å²) < 4.78 is 10.1. The van der Waals surface area contributed by atoms with Gasteiger partial charge >= 0.3 is 5.97 Å². The van der Waals surface area contributed by atoms with Crippen LogP contribution in [0.5, 0.6) is 0 Å². The van der Waals surface area contributed by atoms with Crippen molar-refractivity contribution in [1.82, 2.24) is 0 Å². The van der Waals surface area contributed by atoms with E-state index in [-0.39, 0.29) is 12.4 Å². The molecule has 27 heavy (non-hydrogen) atoms. The summed E-state index contributed by atoms with van der Waals surface area (Å²) in [5, 5.41) is 0. The fraction of sp³-hybridized carbons (Fsp3) is 0.682. The van der Waals surface area contributed by atoms with Gasteiger partial charge in [-0.15, -0.1) is 0 Å². The highest BCUT2D eigenvalue weighted by Crippen LogP contribution is 2.28. The first-order valence-electron chi connectivity index (χ1n) is 10.1. The molecular formula is C22H36O5. The lowest BCUT2D eigenvalue weighted by molar-refractivity contribution is -0.428. The van der Waals surface area contributed by atoms with Crippen LogP contribution >= 0.6 is 0 Å². The van der Waals surface area contributed by atoms with Gasteiger partial charge in [-0.2, -0.15) is 4.89 Å². The first-order chi connectivity index (χ1) is 13.2. The van der Waals surface area contributed by atoms with Gasteiger partial charge in [-0.25, -0.2) is 4.89 Å². The van der Waals surface area contributed by atoms with Crippen LogP contribution < -0.4 is 0 Å². The van der Waals surface area contributed by atoms with E-state index in [0.717, 1.165) is 19.3 Å². The molecular weight excluding hydrogens is 344 g/mol. The van der Waals surface area contributed by atoms with Gasteiger partial charge in [0.2, 0.25) is 5.79 Å². The van der Waals surface area contributed by atoms with E-state index in [1.54, 1.807) is 7.11 Å². The first-order valence-corrected chi connectivity index (χ1v) is 10.1. The maximum atomic E-state index is 11.3. The Morgan fingerprint density at radius 1 is 1.07 bits per heavy atom. The molecule has 1 aliphatic rings. The fourth-order valence-electron chi connectivity index (χ4n) is 2.94. The number of esters is 1.